The maximum Gasteiger partial charge on any atom is 0.321 e. The molecule has 100 valence electrons. The van der Waals surface area contributed by atoms with Gasteiger partial charge in [-0.05, 0) is 19.8 Å². The Morgan fingerprint density at radius 1 is 1.50 bits per heavy atom. The van der Waals surface area contributed by atoms with Crippen LogP contribution in [0.15, 0.2) is 6.20 Å². The van der Waals surface area contributed by atoms with Crippen LogP contribution in [0.25, 0.3) is 0 Å². The van der Waals surface area contributed by atoms with E-state index in [4.69, 9.17) is 5.11 Å². The van der Waals surface area contributed by atoms with Crippen molar-refractivity contribution in [3.8, 4) is 0 Å². The minimum absolute atomic E-state index is 0.0662. The van der Waals surface area contributed by atoms with Crippen molar-refractivity contribution >= 4 is 11.9 Å². The van der Waals surface area contributed by atoms with E-state index in [9.17, 15) is 9.59 Å². The molecular weight excluding hydrogens is 238 g/mol. The highest BCUT2D eigenvalue weighted by Crippen LogP contribution is 1.97. The van der Waals surface area contributed by atoms with E-state index in [1.54, 1.807) is 13.1 Å². The number of aliphatic hydroxyl groups is 1. The molecule has 0 saturated carbocycles. The van der Waals surface area contributed by atoms with Crippen molar-refractivity contribution < 1.29 is 14.7 Å². The van der Waals surface area contributed by atoms with Crippen molar-refractivity contribution in [2.45, 2.75) is 26.3 Å². The van der Waals surface area contributed by atoms with Gasteiger partial charge in [0.2, 0.25) is 5.91 Å². The van der Waals surface area contributed by atoms with E-state index in [2.05, 4.69) is 20.9 Å². The highest BCUT2D eigenvalue weighted by Gasteiger charge is 2.08. The van der Waals surface area contributed by atoms with Gasteiger partial charge in [0.15, 0.2) is 0 Å². The molecule has 0 unspecified atom stereocenters. The van der Waals surface area contributed by atoms with Gasteiger partial charge in [-0.1, -0.05) is 5.21 Å². The summed E-state index contributed by atoms with van der Waals surface area (Å²) in [5.41, 5.74) is 0.704. The zero-order valence-corrected chi connectivity index (χ0v) is 10.2. The molecule has 1 rings (SSSR count). The summed E-state index contributed by atoms with van der Waals surface area (Å²) in [4.78, 5) is 22.5. The molecule has 0 aliphatic heterocycles. The van der Waals surface area contributed by atoms with Crippen LogP contribution in [-0.4, -0.2) is 45.2 Å². The zero-order chi connectivity index (χ0) is 13.4. The molecule has 18 heavy (non-hydrogen) atoms. The van der Waals surface area contributed by atoms with E-state index >= 15 is 0 Å². The average Bonchev–Trinajstić information content (AvgIpc) is 2.74. The number of carbonyl (C=O) groups excluding carboxylic acids is 2. The lowest BCUT2D eigenvalue weighted by Crippen LogP contribution is -2.40. The van der Waals surface area contributed by atoms with Gasteiger partial charge in [0.1, 0.15) is 6.54 Å². The van der Waals surface area contributed by atoms with Gasteiger partial charge in [0.05, 0.1) is 5.69 Å². The molecule has 0 radical (unpaired) electrons. The molecule has 0 fully saturated rings. The predicted octanol–water partition coefficient (Wildman–Crippen LogP) is -0.951. The van der Waals surface area contributed by atoms with Crippen molar-refractivity contribution in [1.29, 1.82) is 0 Å². The van der Waals surface area contributed by atoms with E-state index in [-0.39, 0.29) is 13.2 Å². The normalized spacial score (nSPS) is 10.1. The van der Waals surface area contributed by atoms with Crippen LogP contribution in [0.3, 0.4) is 0 Å². The van der Waals surface area contributed by atoms with Crippen molar-refractivity contribution in [3.63, 3.8) is 0 Å². The first-order valence-corrected chi connectivity index (χ1v) is 5.73. The highest BCUT2D eigenvalue weighted by molar-refractivity contribution is 5.94. The Hall–Kier alpha value is -1.96. The second-order valence-corrected chi connectivity index (χ2v) is 3.64. The van der Waals surface area contributed by atoms with Crippen LogP contribution in [0, 0.1) is 0 Å². The molecule has 8 heteroatoms. The molecule has 3 amide bonds. The topological polar surface area (TPSA) is 109 Å². The standard InChI is InChI=1S/C10H17N5O3/c1-2-11-10(18)12-9(17)7-15-6-8(13-14-15)4-3-5-16/h6,16H,2-5,7H2,1H3,(H2,11,12,17,18). The van der Waals surface area contributed by atoms with Crippen LogP contribution in [-0.2, 0) is 17.8 Å². The molecule has 0 atom stereocenters. The Morgan fingerprint density at radius 2 is 2.28 bits per heavy atom. The fourth-order valence-corrected chi connectivity index (χ4v) is 1.31. The fourth-order valence-electron chi connectivity index (χ4n) is 1.31. The van der Waals surface area contributed by atoms with Crippen LogP contribution < -0.4 is 10.6 Å². The number of amides is 3. The van der Waals surface area contributed by atoms with Crippen LogP contribution in [0.2, 0.25) is 0 Å². The molecule has 1 heterocycles. The van der Waals surface area contributed by atoms with Gasteiger partial charge < -0.3 is 10.4 Å². The van der Waals surface area contributed by atoms with Gasteiger partial charge in [0, 0.05) is 19.3 Å². The van der Waals surface area contributed by atoms with Gasteiger partial charge in [-0.15, -0.1) is 5.10 Å². The van der Waals surface area contributed by atoms with Crippen molar-refractivity contribution in [3.05, 3.63) is 11.9 Å². The van der Waals surface area contributed by atoms with Gasteiger partial charge in [-0.2, -0.15) is 0 Å². The molecule has 1 aromatic rings. The third-order valence-corrected chi connectivity index (χ3v) is 2.07. The summed E-state index contributed by atoms with van der Waals surface area (Å²) in [6.45, 7) is 2.23. The van der Waals surface area contributed by atoms with E-state index in [0.717, 1.165) is 0 Å². The lowest BCUT2D eigenvalue weighted by molar-refractivity contribution is -0.120. The van der Waals surface area contributed by atoms with Crippen molar-refractivity contribution in [1.82, 2.24) is 25.6 Å². The largest absolute Gasteiger partial charge is 0.396 e. The Labute approximate surface area is 104 Å². The number of urea groups is 1. The lowest BCUT2D eigenvalue weighted by atomic mass is 10.3. The summed E-state index contributed by atoms with van der Waals surface area (Å²) >= 11 is 0. The summed E-state index contributed by atoms with van der Waals surface area (Å²) in [5, 5.41) is 20.9. The Balaban J connectivity index is 2.39. The number of carbonyl (C=O) groups is 2. The van der Waals surface area contributed by atoms with Crippen LogP contribution in [0.5, 0.6) is 0 Å². The molecule has 0 aliphatic carbocycles. The van der Waals surface area contributed by atoms with E-state index in [1.165, 1.54) is 4.68 Å². The maximum absolute atomic E-state index is 11.4. The number of rotatable bonds is 6. The quantitative estimate of drug-likeness (QED) is 0.607. The molecule has 1 aromatic heterocycles. The number of aliphatic hydroxyl groups excluding tert-OH is 1. The molecule has 8 nitrogen and oxygen atoms in total. The maximum atomic E-state index is 11.4. The number of imide groups is 1. The number of aryl methyl sites for hydroxylation is 1. The SMILES string of the molecule is CCNC(=O)NC(=O)Cn1cc(CCCO)nn1. The number of aromatic nitrogens is 3. The summed E-state index contributed by atoms with van der Waals surface area (Å²) in [5.74, 6) is -0.459. The van der Waals surface area contributed by atoms with Gasteiger partial charge in [-0.3, -0.25) is 10.1 Å². The summed E-state index contributed by atoms with van der Waals surface area (Å²) in [6.07, 6.45) is 2.82. The predicted molar refractivity (Wildman–Crippen MR) is 62.6 cm³/mol. The van der Waals surface area contributed by atoms with E-state index < -0.39 is 11.9 Å². The van der Waals surface area contributed by atoms with E-state index in [0.29, 0.717) is 25.1 Å². The first-order chi connectivity index (χ1) is 8.65. The van der Waals surface area contributed by atoms with Crippen LogP contribution in [0.1, 0.15) is 19.0 Å². The Morgan fingerprint density at radius 3 is 2.94 bits per heavy atom. The summed E-state index contributed by atoms with van der Waals surface area (Å²) in [7, 11) is 0. The number of nitrogens with one attached hydrogen (secondary N) is 2. The Bertz CT molecular complexity index is 404. The number of nitrogens with zero attached hydrogens (tertiary/aromatic N) is 3. The second kappa shape index (κ2) is 7.38. The monoisotopic (exact) mass is 255 g/mol. The van der Waals surface area contributed by atoms with Crippen LogP contribution in [0.4, 0.5) is 4.79 Å². The molecule has 0 spiro atoms. The third-order valence-electron chi connectivity index (χ3n) is 2.07. The van der Waals surface area contributed by atoms with Gasteiger partial charge >= 0.3 is 6.03 Å². The van der Waals surface area contributed by atoms with E-state index in [1.807, 2.05) is 0 Å². The fraction of sp³-hybridized carbons (Fsp3) is 0.600. The molecule has 3 N–H and O–H groups in total. The Kier molecular flexibility index (Phi) is 5.78. The summed E-state index contributed by atoms with van der Waals surface area (Å²) in [6, 6.07) is -0.525. The van der Waals surface area contributed by atoms with Crippen molar-refractivity contribution in [2.75, 3.05) is 13.2 Å². The number of hydrogen-bond donors (Lipinski definition) is 3. The molecule has 0 aliphatic rings. The molecule has 0 saturated heterocycles. The smallest absolute Gasteiger partial charge is 0.321 e. The minimum atomic E-state index is -0.525. The van der Waals surface area contributed by atoms with Gasteiger partial charge in [0.25, 0.3) is 0 Å². The van der Waals surface area contributed by atoms with Crippen molar-refractivity contribution in [2.24, 2.45) is 0 Å². The first-order valence-electron chi connectivity index (χ1n) is 5.73. The third kappa shape index (κ3) is 4.91. The van der Waals surface area contributed by atoms with Crippen LogP contribution >= 0.6 is 0 Å². The summed E-state index contributed by atoms with van der Waals surface area (Å²) < 4.78 is 1.35. The second-order valence-electron chi connectivity index (χ2n) is 3.64. The average molecular weight is 255 g/mol. The number of hydrogen-bond acceptors (Lipinski definition) is 5. The lowest BCUT2D eigenvalue weighted by Gasteiger charge is -2.03. The zero-order valence-electron chi connectivity index (χ0n) is 10.2. The highest BCUT2D eigenvalue weighted by atomic mass is 16.3. The molecular formula is C10H17N5O3. The molecule has 0 bridgehead atoms. The minimum Gasteiger partial charge on any atom is -0.396 e. The first kappa shape index (κ1) is 14.1. The van der Waals surface area contributed by atoms with Gasteiger partial charge in [-0.25, -0.2) is 9.48 Å². The molecule has 0 aromatic carbocycles.